The molecule has 1 atom stereocenters. The van der Waals surface area contributed by atoms with Gasteiger partial charge in [0.05, 0.1) is 6.20 Å². The van der Waals surface area contributed by atoms with Crippen LogP contribution >= 0.6 is 0 Å². The van der Waals surface area contributed by atoms with E-state index in [1.807, 2.05) is 43.4 Å². The lowest BCUT2D eigenvalue weighted by Gasteiger charge is -2.14. The van der Waals surface area contributed by atoms with Crippen LogP contribution in [-0.4, -0.2) is 27.9 Å². The summed E-state index contributed by atoms with van der Waals surface area (Å²) in [6.07, 6.45) is 11.0. The van der Waals surface area contributed by atoms with Crippen molar-refractivity contribution < 1.29 is 0 Å². The molecule has 2 heterocycles. The first-order chi connectivity index (χ1) is 8.78. The number of aryl methyl sites for hydroxylation is 2. The Balaban J connectivity index is 1.86. The molecule has 96 valence electrons. The molecule has 0 aliphatic rings. The average Bonchev–Trinajstić information content (AvgIpc) is 2.81. The van der Waals surface area contributed by atoms with Crippen molar-refractivity contribution >= 4 is 0 Å². The van der Waals surface area contributed by atoms with E-state index in [2.05, 4.69) is 27.7 Å². The molecule has 0 saturated heterocycles. The highest BCUT2D eigenvalue weighted by Crippen LogP contribution is 2.08. The first-order valence-electron chi connectivity index (χ1n) is 6.31. The second-order valence-corrected chi connectivity index (χ2v) is 4.61. The Morgan fingerprint density at radius 2 is 2.22 bits per heavy atom. The van der Waals surface area contributed by atoms with Gasteiger partial charge in [-0.25, -0.2) is 0 Å². The van der Waals surface area contributed by atoms with E-state index >= 15 is 0 Å². The molecule has 1 unspecified atom stereocenters. The molecule has 0 aromatic carbocycles. The summed E-state index contributed by atoms with van der Waals surface area (Å²) in [7, 11) is 3.97. The summed E-state index contributed by atoms with van der Waals surface area (Å²) < 4.78 is 1.85. The predicted molar refractivity (Wildman–Crippen MR) is 72.3 cm³/mol. The first kappa shape index (κ1) is 12.8. The van der Waals surface area contributed by atoms with Crippen LogP contribution in [0.3, 0.4) is 0 Å². The van der Waals surface area contributed by atoms with Crippen molar-refractivity contribution in [2.75, 3.05) is 7.05 Å². The standard InChI is InChI=1S/C14H20N4/c1-15-14(8-13-10-17-18(2)11-13)6-5-12-4-3-7-16-9-12/h3-4,7,9-11,14-15H,5-6,8H2,1-2H3. The Bertz CT molecular complexity index is 464. The molecule has 0 radical (unpaired) electrons. The number of hydrogen-bond donors (Lipinski definition) is 1. The Morgan fingerprint density at radius 3 is 2.83 bits per heavy atom. The molecule has 0 fully saturated rings. The summed E-state index contributed by atoms with van der Waals surface area (Å²) in [5.74, 6) is 0. The molecule has 18 heavy (non-hydrogen) atoms. The normalized spacial score (nSPS) is 12.6. The van der Waals surface area contributed by atoms with E-state index in [1.54, 1.807) is 0 Å². The van der Waals surface area contributed by atoms with Crippen LogP contribution in [0.15, 0.2) is 36.9 Å². The molecule has 0 aliphatic carbocycles. The summed E-state index contributed by atoms with van der Waals surface area (Å²) in [6, 6.07) is 4.60. The van der Waals surface area contributed by atoms with E-state index in [0.717, 1.165) is 19.3 Å². The Hall–Kier alpha value is -1.68. The van der Waals surface area contributed by atoms with Gasteiger partial charge in [-0.1, -0.05) is 6.07 Å². The van der Waals surface area contributed by atoms with Crippen LogP contribution < -0.4 is 5.32 Å². The molecule has 0 saturated carbocycles. The van der Waals surface area contributed by atoms with Crippen LogP contribution in [0.5, 0.6) is 0 Å². The third-order valence-corrected chi connectivity index (χ3v) is 3.15. The maximum absolute atomic E-state index is 4.20. The molecule has 2 rings (SSSR count). The van der Waals surface area contributed by atoms with Crippen molar-refractivity contribution in [3.63, 3.8) is 0 Å². The van der Waals surface area contributed by atoms with Gasteiger partial charge in [0, 0.05) is 31.7 Å². The number of nitrogens with one attached hydrogen (secondary N) is 1. The van der Waals surface area contributed by atoms with Crippen LogP contribution in [-0.2, 0) is 19.9 Å². The molecule has 2 aromatic heterocycles. The fourth-order valence-corrected chi connectivity index (χ4v) is 2.10. The zero-order valence-corrected chi connectivity index (χ0v) is 11.0. The number of rotatable bonds is 6. The van der Waals surface area contributed by atoms with Gasteiger partial charge in [0.2, 0.25) is 0 Å². The third kappa shape index (κ3) is 3.67. The molecule has 1 N–H and O–H groups in total. The maximum atomic E-state index is 4.20. The molecular weight excluding hydrogens is 224 g/mol. The molecule has 0 aliphatic heterocycles. The molecule has 4 heteroatoms. The number of nitrogens with zero attached hydrogens (tertiary/aromatic N) is 3. The van der Waals surface area contributed by atoms with E-state index in [1.165, 1.54) is 11.1 Å². The van der Waals surface area contributed by atoms with E-state index in [0.29, 0.717) is 6.04 Å². The average molecular weight is 244 g/mol. The summed E-state index contributed by atoms with van der Waals surface area (Å²) in [4.78, 5) is 4.14. The van der Waals surface area contributed by atoms with E-state index in [-0.39, 0.29) is 0 Å². The quantitative estimate of drug-likeness (QED) is 0.839. The van der Waals surface area contributed by atoms with Crippen LogP contribution in [0.4, 0.5) is 0 Å². The van der Waals surface area contributed by atoms with Crippen LogP contribution in [0, 0.1) is 0 Å². The van der Waals surface area contributed by atoms with Crippen molar-refractivity contribution in [2.24, 2.45) is 7.05 Å². The molecule has 0 spiro atoms. The number of pyridine rings is 1. The van der Waals surface area contributed by atoms with E-state index < -0.39 is 0 Å². The van der Waals surface area contributed by atoms with Crippen molar-refractivity contribution in [3.8, 4) is 0 Å². The van der Waals surface area contributed by atoms with Gasteiger partial charge in [0.25, 0.3) is 0 Å². The van der Waals surface area contributed by atoms with Crippen molar-refractivity contribution in [3.05, 3.63) is 48.0 Å². The smallest absolute Gasteiger partial charge is 0.0522 e. The fraction of sp³-hybridized carbons (Fsp3) is 0.429. The SMILES string of the molecule is CNC(CCc1cccnc1)Cc1cnn(C)c1. The maximum Gasteiger partial charge on any atom is 0.0522 e. The van der Waals surface area contributed by atoms with Gasteiger partial charge in [-0.2, -0.15) is 5.10 Å². The minimum atomic E-state index is 0.481. The topological polar surface area (TPSA) is 42.7 Å². The highest BCUT2D eigenvalue weighted by Gasteiger charge is 2.08. The molecule has 0 bridgehead atoms. The lowest BCUT2D eigenvalue weighted by atomic mass is 10.0. The Labute approximate surface area is 108 Å². The van der Waals surface area contributed by atoms with Gasteiger partial charge >= 0.3 is 0 Å². The summed E-state index contributed by atoms with van der Waals surface area (Å²) in [5, 5.41) is 7.57. The van der Waals surface area contributed by atoms with Crippen molar-refractivity contribution in [1.29, 1.82) is 0 Å². The second-order valence-electron chi connectivity index (χ2n) is 4.61. The molecule has 2 aromatic rings. The minimum Gasteiger partial charge on any atom is -0.317 e. The van der Waals surface area contributed by atoms with Gasteiger partial charge in [0.1, 0.15) is 0 Å². The van der Waals surface area contributed by atoms with Crippen LogP contribution in [0.25, 0.3) is 0 Å². The van der Waals surface area contributed by atoms with Gasteiger partial charge in [-0.3, -0.25) is 9.67 Å². The summed E-state index contributed by atoms with van der Waals surface area (Å²) in [6.45, 7) is 0. The third-order valence-electron chi connectivity index (χ3n) is 3.15. The number of hydrogen-bond acceptors (Lipinski definition) is 3. The zero-order chi connectivity index (χ0) is 12.8. The molecular formula is C14H20N4. The van der Waals surface area contributed by atoms with E-state index in [4.69, 9.17) is 0 Å². The monoisotopic (exact) mass is 244 g/mol. The number of likely N-dealkylation sites (N-methyl/N-ethyl adjacent to an activating group) is 1. The first-order valence-corrected chi connectivity index (χ1v) is 6.31. The molecule has 0 amide bonds. The lowest BCUT2D eigenvalue weighted by Crippen LogP contribution is -2.28. The van der Waals surface area contributed by atoms with Gasteiger partial charge in [-0.15, -0.1) is 0 Å². The van der Waals surface area contributed by atoms with Gasteiger partial charge in [-0.05, 0) is 43.5 Å². The molecule has 4 nitrogen and oxygen atoms in total. The zero-order valence-electron chi connectivity index (χ0n) is 11.0. The Kier molecular flexibility index (Phi) is 4.47. The van der Waals surface area contributed by atoms with Gasteiger partial charge < -0.3 is 5.32 Å². The highest BCUT2D eigenvalue weighted by molar-refractivity contribution is 5.10. The number of aromatic nitrogens is 3. The largest absolute Gasteiger partial charge is 0.317 e. The lowest BCUT2D eigenvalue weighted by molar-refractivity contribution is 0.519. The minimum absolute atomic E-state index is 0.481. The van der Waals surface area contributed by atoms with Crippen molar-refractivity contribution in [1.82, 2.24) is 20.1 Å². The fourth-order valence-electron chi connectivity index (χ4n) is 2.10. The second kappa shape index (κ2) is 6.31. The summed E-state index contributed by atoms with van der Waals surface area (Å²) in [5.41, 5.74) is 2.58. The van der Waals surface area contributed by atoms with Gasteiger partial charge in [0.15, 0.2) is 0 Å². The predicted octanol–water partition coefficient (Wildman–Crippen LogP) is 1.58. The van der Waals surface area contributed by atoms with Crippen LogP contribution in [0.1, 0.15) is 17.5 Å². The van der Waals surface area contributed by atoms with E-state index in [9.17, 15) is 0 Å². The van der Waals surface area contributed by atoms with Crippen LogP contribution in [0.2, 0.25) is 0 Å². The van der Waals surface area contributed by atoms with Crippen molar-refractivity contribution in [2.45, 2.75) is 25.3 Å². The Morgan fingerprint density at radius 1 is 1.33 bits per heavy atom. The summed E-state index contributed by atoms with van der Waals surface area (Å²) >= 11 is 0. The highest BCUT2D eigenvalue weighted by atomic mass is 15.2.